The monoisotopic (exact) mass is 288 g/mol. The first-order chi connectivity index (χ1) is 9.97. The van der Waals surface area contributed by atoms with Crippen LogP contribution in [-0.2, 0) is 0 Å². The zero-order valence-corrected chi connectivity index (χ0v) is 10.7. The molecular formula is C14H12N2O5. The number of carbonyl (C=O) groups excluding carboxylic acids is 1. The Kier molecular flexibility index (Phi) is 3.94. The lowest BCUT2D eigenvalue weighted by Crippen LogP contribution is -2.17. The second-order valence-corrected chi connectivity index (χ2v) is 4.15. The fourth-order valence-corrected chi connectivity index (χ4v) is 1.52. The molecule has 0 aliphatic rings. The van der Waals surface area contributed by atoms with E-state index in [1.54, 1.807) is 0 Å². The number of hydrazone groups is 1. The molecular weight excluding hydrogens is 276 g/mol. The van der Waals surface area contributed by atoms with Gasteiger partial charge in [0.15, 0.2) is 11.5 Å². The van der Waals surface area contributed by atoms with E-state index in [9.17, 15) is 15.0 Å². The van der Waals surface area contributed by atoms with Crippen molar-refractivity contribution >= 4 is 12.1 Å². The van der Waals surface area contributed by atoms with E-state index in [-0.39, 0.29) is 17.1 Å². The molecule has 0 saturated heterocycles. The summed E-state index contributed by atoms with van der Waals surface area (Å²) >= 11 is 0. The highest BCUT2D eigenvalue weighted by Crippen LogP contribution is 2.31. The van der Waals surface area contributed by atoms with Gasteiger partial charge >= 0.3 is 0 Å². The number of rotatable bonds is 3. The normalized spacial score (nSPS) is 10.7. The zero-order chi connectivity index (χ0) is 15.4. The predicted octanol–water partition coefficient (Wildman–Crippen LogP) is 1.27. The molecule has 0 heterocycles. The van der Waals surface area contributed by atoms with Crippen LogP contribution in [0.4, 0.5) is 0 Å². The highest BCUT2D eigenvalue weighted by molar-refractivity contribution is 5.95. The van der Waals surface area contributed by atoms with Crippen LogP contribution < -0.4 is 5.43 Å². The van der Waals surface area contributed by atoms with Crippen LogP contribution in [0.1, 0.15) is 15.9 Å². The summed E-state index contributed by atoms with van der Waals surface area (Å²) in [6.07, 6.45) is 1.12. The number of amides is 1. The third-order valence-corrected chi connectivity index (χ3v) is 2.62. The van der Waals surface area contributed by atoms with E-state index in [0.717, 1.165) is 18.3 Å². The molecule has 7 heteroatoms. The van der Waals surface area contributed by atoms with Crippen LogP contribution in [0.15, 0.2) is 41.5 Å². The van der Waals surface area contributed by atoms with Gasteiger partial charge in [0, 0.05) is 17.2 Å². The van der Waals surface area contributed by atoms with Gasteiger partial charge in [-0.05, 0) is 30.3 Å². The lowest BCUT2D eigenvalue weighted by Gasteiger charge is -2.03. The van der Waals surface area contributed by atoms with Crippen LogP contribution in [-0.4, -0.2) is 32.5 Å². The number of nitrogens with zero attached hydrogens (tertiary/aromatic N) is 1. The Morgan fingerprint density at radius 2 is 1.57 bits per heavy atom. The van der Waals surface area contributed by atoms with Gasteiger partial charge in [0.2, 0.25) is 0 Å². The van der Waals surface area contributed by atoms with Gasteiger partial charge in [-0.1, -0.05) is 0 Å². The molecule has 108 valence electrons. The number of benzene rings is 2. The molecule has 2 rings (SSSR count). The summed E-state index contributed by atoms with van der Waals surface area (Å²) in [5.74, 6) is -1.64. The molecule has 5 N–H and O–H groups in total. The average Bonchev–Trinajstić information content (AvgIpc) is 2.45. The first-order valence-corrected chi connectivity index (χ1v) is 5.85. The molecule has 21 heavy (non-hydrogen) atoms. The first kappa shape index (κ1) is 14.2. The van der Waals surface area contributed by atoms with Crippen molar-refractivity contribution in [1.82, 2.24) is 5.43 Å². The van der Waals surface area contributed by atoms with Crippen molar-refractivity contribution in [3.63, 3.8) is 0 Å². The van der Waals surface area contributed by atoms with Crippen molar-refractivity contribution in [3.05, 3.63) is 47.5 Å². The van der Waals surface area contributed by atoms with Gasteiger partial charge < -0.3 is 20.4 Å². The molecule has 0 aliphatic carbocycles. The van der Waals surface area contributed by atoms with Gasteiger partial charge in [0.25, 0.3) is 5.91 Å². The van der Waals surface area contributed by atoms with Crippen molar-refractivity contribution in [1.29, 1.82) is 0 Å². The van der Waals surface area contributed by atoms with E-state index in [1.807, 2.05) is 0 Å². The highest BCUT2D eigenvalue weighted by atomic mass is 16.3. The fourth-order valence-electron chi connectivity index (χ4n) is 1.52. The van der Waals surface area contributed by atoms with E-state index in [0.29, 0.717) is 5.56 Å². The molecule has 7 nitrogen and oxygen atoms in total. The highest BCUT2D eigenvalue weighted by Gasteiger charge is 2.07. The molecule has 0 aromatic heterocycles. The maximum absolute atomic E-state index is 11.7. The smallest absolute Gasteiger partial charge is 0.271 e. The topological polar surface area (TPSA) is 122 Å². The number of phenols is 4. The van der Waals surface area contributed by atoms with E-state index in [2.05, 4.69) is 10.5 Å². The molecule has 0 atom stereocenters. The third kappa shape index (κ3) is 3.41. The van der Waals surface area contributed by atoms with Crippen molar-refractivity contribution in [3.8, 4) is 23.0 Å². The largest absolute Gasteiger partial charge is 0.508 e. The maximum Gasteiger partial charge on any atom is 0.271 e. The van der Waals surface area contributed by atoms with Crippen molar-refractivity contribution < 1.29 is 25.2 Å². The van der Waals surface area contributed by atoms with Gasteiger partial charge in [-0.25, -0.2) is 5.43 Å². The number of nitrogens with one attached hydrogen (secondary N) is 1. The number of phenolic OH excluding ortho intramolecular Hbond substituents is 4. The Balaban J connectivity index is 2.07. The zero-order valence-electron chi connectivity index (χ0n) is 10.7. The van der Waals surface area contributed by atoms with Crippen LogP contribution in [0.2, 0.25) is 0 Å². The SMILES string of the molecule is O=C(N/N=C/c1cc(O)c(O)cc1O)c1ccc(O)cc1. The molecule has 0 aliphatic heterocycles. The molecule has 0 saturated carbocycles. The molecule has 1 amide bonds. The molecule has 0 bridgehead atoms. The van der Waals surface area contributed by atoms with Crippen molar-refractivity contribution in [2.45, 2.75) is 0 Å². The van der Waals surface area contributed by atoms with Gasteiger partial charge in [0.1, 0.15) is 11.5 Å². The minimum Gasteiger partial charge on any atom is -0.508 e. The second kappa shape index (κ2) is 5.83. The van der Waals surface area contributed by atoms with E-state index in [1.165, 1.54) is 24.3 Å². The van der Waals surface area contributed by atoms with Crippen LogP contribution in [0.3, 0.4) is 0 Å². The van der Waals surface area contributed by atoms with Gasteiger partial charge in [-0.3, -0.25) is 4.79 Å². The number of aromatic hydroxyl groups is 4. The summed E-state index contributed by atoms with van der Waals surface area (Å²) in [6.45, 7) is 0. The van der Waals surface area contributed by atoms with Crippen LogP contribution in [0.25, 0.3) is 0 Å². The predicted molar refractivity (Wildman–Crippen MR) is 74.6 cm³/mol. The summed E-state index contributed by atoms with van der Waals surface area (Å²) in [5, 5.41) is 40.7. The standard InChI is InChI=1S/C14H12N2O5/c17-10-3-1-8(2-4-10)14(21)16-15-7-9-5-12(19)13(20)6-11(9)18/h1-7,17-20H,(H,16,21)/b15-7+. The summed E-state index contributed by atoms with van der Waals surface area (Å²) in [6, 6.07) is 7.62. The van der Waals surface area contributed by atoms with Crippen molar-refractivity contribution in [2.75, 3.05) is 0 Å². The number of carbonyl (C=O) groups is 1. The quantitative estimate of drug-likeness (QED) is 0.252. The number of hydrogen-bond acceptors (Lipinski definition) is 6. The maximum atomic E-state index is 11.7. The molecule has 0 spiro atoms. The van der Waals surface area contributed by atoms with Gasteiger partial charge in [-0.15, -0.1) is 0 Å². The summed E-state index contributed by atoms with van der Waals surface area (Å²) in [5.41, 5.74) is 2.64. The minimum absolute atomic E-state index is 0.0412. The van der Waals surface area contributed by atoms with Crippen LogP contribution in [0.5, 0.6) is 23.0 Å². The Morgan fingerprint density at radius 3 is 2.24 bits per heavy atom. The first-order valence-electron chi connectivity index (χ1n) is 5.85. The molecule has 2 aromatic carbocycles. The van der Waals surface area contributed by atoms with Gasteiger partial charge in [-0.2, -0.15) is 5.10 Å². The van der Waals surface area contributed by atoms with Crippen LogP contribution in [0, 0.1) is 0 Å². The fraction of sp³-hybridized carbons (Fsp3) is 0. The number of hydrogen-bond donors (Lipinski definition) is 5. The average molecular weight is 288 g/mol. The van der Waals surface area contributed by atoms with E-state index >= 15 is 0 Å². The third-order valence-electron chi connectivity index (χ3n) is 2.62. The lowest BCUT2D eigenvalue weighted by atomic mass is 10.2. The van der Waals surface area contributed by atoms with Crippen molar-refractivity contribution in [2.24, 2.45) is 5.10 Å². The van der Waals surface area contributed by atoms with Gasteiger partial charge in [0.05, 0.1) is 6.21 Å². The van der Waals surface area contributed by atoms with E-state index in [4.69, 9.17) is 10.2 Å². The van der Waals surface area contributed by atoms with Crippen LogP contribution >= 0.6 is 0 Å². The second-order valence-electron chi connectivity index (χ2n) is 4.15. The summed E-state index contributed by atoms with van der Waals surface area (Å²) in [4.78, 5) is 11.7. The Labute approximate surface area is 119 Å². The minimum atomic E-state index is -0.506. The molecule has 0 fully saturated rings. The summed E-state index contributed by atoms with van der Waals surface area (Å²) < 4.78 is 0. The van der Waals surface area contributed by atoms with E-state index < -0.39 is 17.4 Å². The Morgan fingerprint density at radius 1 is 0.952 bits per heavy atom. The Bertz CT molecular complexity index is 695. The summed E-state index contributed by atoms with van der Waals surface area (Å²) in [7, 11) is 0. The molecule has 2 aromatic rings. The Hall–Kier alpha value is -3.22. The lowest BCUT2D eigenvalue weighted by molar-refractivity contribution is 0.0955. The molecule has 0 unspecified atom stereocenters. The molecule has 0 radical (unpaired) electrons.